The van der Waals surface area contributed by atoms with E-state index in [9.17, 15) is 8.42 Å². The molecule has 0 aliphatic heterocycles. The van der Waals surface area contributed by atoms with Crippen LogP contribution in [0.3, 0.4) is 0 Å². The summed E-state index contributed by atoms with van der Waals surface area (Å²) in [6.45, 7) is 1.96. The minimum Gasteiger partial charge on any atom is -0.326 e. The number of aryl methyl sites for hydroxylation is 2. The third-order valence-electron chi connectivity index (χ3n) is 2.78. The fourth-order valence-electron chi connectivity index (χ4n) is 1.78. The normalized spacial score (nSPS) is 11.6. The summed E-state index contributed by atoms with van der Waals surface area (Å²) in [5, 5.41) is 4.23. The highest BCUT2D eigenvalue weighted by Crippen LogP contribution is 2.25. The summed E-state index contributed by atoms with van der Waals surface area (Å²) in [7, 11) is -2.06. The number of rotatable bonds is 4. The number of hydrogen-bond acceptors (Lipinski definition) is 4. The monoisotopic (exact) mass is 314 g/mol. The lowest BCUT2D eigenvalue weighted by atomic mass is 10.2. The molecule has 1 aromatic carbocycles. The lowest BCUT2D eigenvalue weighted by Gasteiger charge is -2.09. The zero-order valence-corrected chi connectivity index (χ0v) is 12.7. The highest BCUT2D eigenvalue weighted by atomic mass is 35.5. The molecular weight excluding hydrogens is 300 g/mol. The molecule has 0 fully saturated rings. The maximum atomic E-state index is 12.4. The Bertz CT molecular complexity index is 740. The molecule has 0 saturated carbocycles. The van der Waals surface area contributed by atoms with Gasteiger partial charge in [-0.05, 0) is 24.6 Å². The molecular formula is C12H15ClN4O2S. The molecule has 0 aliphatic carbocycles. The van der Waals surface area contributed by atoms with Crippen LogP contribution in [0.15, 0.2) is 29.3 Å². The second kappa shape index (κ2) is 5.43. The van der Waals surface area contributed by atoms with E-state index in [1.807, 2.05) is 0 Å². The zero-order chi connectivity index (χ0) is 14.9. The van der Waals surface area contributed by atoms with Crippen LogP contribution >= 0.6 is 11.6 Å². The number of hydrogen-bond donors (Lipinski definition) is 2. The molecule has 0 unspecified atom stereocenters. The van der Waals surface area contributed by atoms with Gasteiger partial charge in [-0.25, -0.2) is 8.42 Å². The van der Waals surface area contributed by atoms with E-state index < -0.39 is 10.0 Å². The smallest absolute Gasteiger partial charge is 0.263 e. The highest BCUT2D eigenvalue weighted by Gasteiger charge is 2.20. The quantitative estimate of drug-likeness (QED) is 0.897. The lowest BCUT2D eigenvalue weighted by Crippen LogP contribution is -2.14. The number of nitrogens with zero attached hydrogens (tertiary/aromatic N) is 2. The zero-order valence-electron chi connectivity index (χ0n) is 11.1. The van der Waals surface area contributed by atoms with Gasteiger partial charge in [0, 0.05) is 19.8 Å². The number of anilines is 1. The SMILES string of the molecule is Cc1nn(C)cc1NS(=O)(=O)c1cc(CN)ccc1Cl. The Balaban J connectivity index is 2.43. The topological polar surface area (TPSA) is 90.0 Å². The number of benzene rings is 1. The minimum atomic E-state index is -3.78. The van der Waals surface area contributed by atoms with E-state index in [4.69, 9.17) is 17.3 Å². The van der Waals surface area contributed by atoms with Gasteiger partial charge >= 0.3 is 0 Å². The highest BCUT2D eigenvalue weighted by molar-refractivity contribution is 7.92. The van der Waals surface area contributed by atoms with Crippen LogP contribution in [0.25, 0.3) is 0 Å². The summed E-state index contributed by atoms with van der Waals surface area (Å²) in [4.78, 5) is 0.00497. The van der Waals surface area contributed by atoms with Crippen molar-refractivity contribution >= 4 is 27.3 Å². The van der Waals surface area contributed by atoms with E-state index in [0.717, 1.165) is 0 Å². The molecule has 0 saturated heterocycles. The van der Waals surface area contributed by atoms with Gasteiger partial charge in [0.1, 0.15) is 4.90 Å². The fourth-order valence-corrected chi connectivity index (χ4v) is 3.43. The number of nitrogens with two attached hydrogens (primary N) is 1. The first-order chi connectivity index (χ1) is 9.33. The largest absolute Gasteiger partial charge is 0.326 e. The van der Waals surface area contributed by atoms with Crippen molar-refractivity contribution in [2.45, 2.75) is 18.4 Å². The van der Waals surface area contributed by atoms with Gasteiger partial charge in [0.25, 0.3) is 10.0 Å². The molecule has 0 bridgehead atoms. The van der Waals surface area contributed by atoms with Crippen LogP contribution in [-0.4, -0.2) is 18.2 Å². The molecule has 2 rings (SSSR count). The molecule has 0 spiro atoms. The van der Waals surface area contributed by atoms with Gasteiger partial charge in [0.05, 0.1) is 16.4 Å². The van der Waals surface area contributed by atoms with Gasteiger partial charge in [0.2, 0.25) is 0 Å². The van der Waals surface area contributed by atoms with Crippen LogP contribution in [0, 0.1) is 6.92 Å². The predicted molar refractivity (Wildman–Crippen MR) is 78.1 cm³/mol. The maximum Gasteiger partial charge on any atom is 0.263 e. The van der Waals surface area contributed by atoms with E-state index in [-0.39, 0.29) is 16.5 Å². The molecule has 2 aromatic rings. The molecule has 20 heavy (non-hydrogen) atoms. The Labute approximate surface area is 122 Å². The van der Waals surface area contributed by atoms with Crippen molar-refractivity contribution in [2.75, 3.05) is 4.72 Å². The van der Waals surface area contributed by atoms with Crippen molar-refractivity contribution in [3.05, 3.63) is 40.7 Å². The van der Waals surface area contributed by atoms with E-state index in [1.165, 1.54) is 16.8 Å². The van der Waals surface area contributed by atoms with E-state index in [0.29, 0.717) is 16.9 Å². The maximum absolute atomic E-state index is 12.4. The number of sulfonamides is 1. The minimum absolute atomic E-state index is 0.00497. The van der Waals surface area contributed by atoms with Crippen LogP contribution in [0.5, 0.6) is 0 Å². The first-order valence-corrected chi connectivity index (χ1v) is 7.71. The van der Waals surface area contributed by atoms with Gasteiger partial charge in [-0.1, -0.05) is 17.7 Å². The number of halogens is 1. The Morgan fingerprint density at radius 3 is 2.70 bits per heavy atom. The van der Waals surface area contributed by atoms with Crippen LogP contribution < -0.4 is 10.5 Å². The fraction of sp³-hybridized carbons (Fsp3) is 0.250. The van der Waals surface area contributed by atoms with E-state index in [2.05, 4.69) is 9.82 Å². The number of nitrogens with one attached hydrogen (secondary N) is 1. The summed E-state index contributed by atoms with van der Waals surface area (Å²) < 4.78 is 28.8. The molecule has 108 valence electrons. The molecule has 8 heteroatoms. The Kier molecular flexibility index (Phi) is 4.03. The van der Waals surface area contributed by atoms with Crippen molar-refractivity contribution in [1.29, 1.82) is 0 Å². The first kappa shape index (κ1) is 14.8. The van der Waals surface area contributed by atoms with Crippen molar-refractivity contribution in [2.24, 2.45) is 12.8 Å². The third kappa shape index (κ3) is 2.95. The number of aromatic nitrogens is 2. The molecule has 0 amide bonds. The van der Waals surface area contributed by atoms with Crippen molar-refractivity contribution < 1.29 is 8.42 Å². The summed E-state index contributed by atoms with van der Waals surface area (Å²) in [6, 6.07) is 4.68. The van der Waals surface area contributed by atoms with E-state index >= 15 is 0 Å². The average Bonchev–Trinajstić information content (AvgIpc) is 2.67. The van der Waals surface area contributed by atoms with Crippen molar-refractivity contribution in [3.63, 3.8) is 0 Å². The molecule has 0 aliphatic rings. The Hall–Kier alpha value is -1.57. The summed E-state index contributed by atoms with van der Waals surface area (Å²) in [5.74, 6) is 0. The molecule has 1 heterocycles. The summed E-state index contributed by atoms with van der Waals surface area (Å²) >= 11 is 5.97. The Morgan fingerprint density at radius 2 is 2.15 bits per heavy atom. The second-order valence-electron chi connectivity index (χ2n) is 4.38. The lowest BCUT2D eigenvalue weighted by molar-refractivity contribution is 0.601. The van der Waals surface area contributed by atoms with E-state index in [1.54, 1.807) is 26.2 Å². The summed E-state index contributed by atoms with van der Waals surface area (Å²) in [5.41, 5.74) is 7.22. The van der Waals surface area contributed by atoms with Crippen molar-refractivity contribution in [1.82, 2.24) is 9.78 Å². The van der Waals surface area contributed by atoms with Gasteiger partial charge < -0.3 is 5.73 Å². The Morgan fingerprint density at radius 1 is 1.45 bits per heavy atom. The predicted octanol–water partition coefficient (Wildman–Crippen LogP) is 1.64. The van der Waals surface area contributed by atoms with Gasteiger partial charge in [-0.2, -0.15) is 5.10 Å². The molecule has 0 atom stereocenters. The van der Waals surface area contributed by atoms with Gasteiger partial charge in [0.15, 0.2) is 0 Å². The second-order valence-corrected chi connectivity index (χ2v) is 6.43. The average molecular weight is 315 g/mol. The van der Waals surface area contributed by atoms with Crippen LogP contribution in [0.1, 0.15) is 11.3 Å². The molecule has 1 aromatic heterocycles. The van der Waals surface area contributed by atoms with Crippen molar-refractivity contribution in [3.8, 4) is 0 Å². The standard InChI is InChI=1S/C12H15ClN4O2S/c1-8-11(7-17(2)15-8)16-20(18,19)12-5-9(6-14)3-4-10(12)13/h3-5,7,16H,6,14H2,1-2H3. The molecule has 6 nitrogen and oxygen atoms in total. The van der Waals surface area contributed by atoms with Crippen LogP contribution in [0.2, 0.25) is 5.02 Å². The van der Waals surface area contributed by atoms with Gasteiger partial charge in [-0.3, -0.25) is 9.40 Å². The van der Waals surface area contributed by atoms with Crippen LogP contribution in [0.4, 0.5) is 5.69 Å². The molecule has 0 radical (unpaired) electrons. The summed E-state index contributed by atoms with van der Waals surface area (Å²) in [6.07, 6.45) is 1.59. The van der Waals surface area contributed by atoms with Crippen LogP contribution in [-0.2, 0) is 23.6 Å². The third-order valence-corrected chi connectivity index (χ3v) is 4.63. The van der Waals surface area contributed by atoms with Gasteiger partial charge in [-0.15, -0.1) is 0 Å². The first-order valence-electron chi connectivity index (χ1n) is 5.85. The molecule has 3 N–H and O–H groups in total.